The molecule has 4 heteroatoms. The smallest absolute Gasteiger partial charge is 0.194 e. The van der Waals surface area contributed by atoms with Gasteiger partial charge in [0.05, 0.1) is 0 Å². The summed E-state index contributed by atoms with van der Waals surface area (Å²) in [6.07, 6.45) is 2.84. The number of guanidine groups is 1. The monoisotopic (exact) mass is 179 g/mol. The third kappa shape index (κ3) is 2.80. The number of aliphatic hydroxyl groups is 1. The summed E-state index contributed by atoms with van der Waals surface area (Å²) in [5.74, 6) is 5.81. The van der Waals surface area contributed by atoms with E-state index >= 15 is 0 Å². The first kappa shape index (κ1) is 9.62. The summed E-state index contributed by atoms with van der Waals surface area (Å²) in [7, 11) is 0. The molecule has 0 saturated heterocycles. The van der Waals surface area contributed by atoms with Crippen molar-refractivity contribution in [2.45, 2.75) is 25.5 Å². The maximum atomic E-state index is 8.97. The van der Waals surface area contributed by atoms with Crippen molar-refractivity contribution in [3.8, 4) is 11.8 Å². The third-order valence-electron chi connectivity index (χ3n) is 1.53. The van der Waals surface area contributed by atoms with Crippen molar-refractivity contribution in [3.63, 3.8) is 0 Å². The topological polar surface area (TPSA) is 70.6 Å². The van der Waals surface area contributed by atoms with E-state index in [9.17, 15) is 0 Å². The molecule has 0 bridgehead atoms. The number of rotatable bonds is 0. The second-order valence-electron chi connectivity index (χ2n) is 3.07. The fraction of sp³-hybridized carbons (Fsp3) is 0.444. The molecular weight excluding hydrogens is 166 g/mol. The molecule has 4 nitrogen and oxygen atoms in total. The van der Waals surface area contributed by atoms with Crippen molar-refractivity contribution >= 4 is 5.96 Å². The predicted octanol–water partition coefficient (Wildman–Crippen LogP) is -0.439. The highest BCUT2D eigenvalue weighted by molar-refractivity contribution is 5.81. The van der Waals surface area contributed by atoms with Crippen molar-refractivity contribution < 1.29 is 5.11 Å². The molecule has 4 N–H and O–H groups in total. The van der Waals surface area contributed by atoms with Crippen LogP contribution < -0.4 is 11.1 Å². The van der Waals surface area contributed by atoms with Crippen LogP contribution in [0.1, 0.15) is 13.8 Å². The van der Waals surface area contributed by atoms with Crippen LogP contribution in [0.5, 0.6) is 0 Å². The Kier molecular flexibility index (Phi) is 2.59. The molecule has 2 atom stereocenters. The number of aliphatic imine (C=N–C) groups is 1. The first-order chi connectivity index (χ1) is 6.02. The lowest BCUT2D eigenvalue weighted by molar-refractivity contribution is 0.253. The van der Waals surface area contributed by atoms with Gasteiger partial charge < -0.3 is 16.2 Å². The second kappa shape index (κ2) is 3.50. The molecule has 1 rings (SSSR count). The lowest BCUT2D eigenvalue weighted by atomic mass is 10.0. The number of nitrogens with two attached hydrogens (primary N) is 1. The van der Waals surface area contributed by atoms with Gasteiger partial charge in [-0.2, -0.15) is 0 Å². The molecule has 0 radical (unpaired) electrons. The van der Waals surface area contributed by atoms with E-state index in [0.29, 0.717) is 5.96 Å². The molecule has 0 spiro atoms. The van der Waals surface area contributed by atoms with Gasteiger partial charge in [-0.25, -0.2) is 4.99 Å². The lowest BCUT2D eigenvalue weighted by Gasteiger charge is -2.19. The Morgan fingerprint density at radius 2 is 2.46 bits per heavy atom. The maximum Gasteiger partial charge on any atom is 0.194 e. The molecule has 0 aromatic rings. The highest BCUT2D eigenvalue weighted by atomic mass is 16.3. The molecule has 0 aromatic heterocycles. The summed E-state index contributed by atoms with van der Waals surface area (Å²) >= 11 is 0. The van der Waals surface area contributed by atoms with E-state index in [0.717, 1.165) is 0 Å². The maximum absolute atomic E-state index is 8.97. The van der Waals surface area contributed by atoms with Crippen molar-refractivity contribution in [2.24, 2.45) is 10.7 Å². The van der Waals surface area contributed by atoms with Crippen molar-refractivity contribution in [1.82, 2.24) is 5.32 Å². The Bertz CT molecular complexity index is 309. The summed E-state index contributed by atoms with van der Waals surface area (Å²) in [4.78, 5) is 4.10. The molecule has 13 heavy (non-hydrogen) atoms. The summed E-state index contributed by atoms with van der Waals surface area (Å²) < 4.78 is 0. The Labute approximate surface area is 77.5 Å². The Morgan fingerprint density at radius 3 is 3.00 bits per heavy atom. The van der Waals surface area contributed by atoms with E-state index < -0.39 is 11.6 Å². The van der Waals surface area contributed by atoms with Crippen LogP contribution in [0.25, 0.3) is 0 Å². The molecule has 0 aromatic carbocycles. The normalized spacial score (nSPS) is 28.1. The number of nitrogens with one attached hydrogen (secondary N) is 1. The number of nitrogens with zero attached hydrogens (tertiary/aromatic N) is 1. The molecule has 70 valence electrons. The van der Waals surface area contributed by atoms with Gasteiger partial charge in [-0.05, 0) is 19.9 Å². The van der Waals surface area contributed by atoms with Crippen LogP contribution in [-0.4, -0.2) is 22.7 Å². The molecule has 2 unspecified atom stereocenters. The zero-order chi connectivity index (χ0) is 9.90. The van der Waals surface area contributed by atoms with Gasteiger partial charge in [0.15, 0.2) is 5.96 Å². The van der Waals surface area contributed by atoms with Crippen LogP contribution in [0, 0.1) is 11.8 Å². The lowest BCUT2D eigenvalue weighted by Crippen LogP contribution is -2.36. The largest absolute Gasteiger partial charge is 0.381 e. The minimum atomic E-state index is -0.642. The van der Waals surface area contributed by atoms with Crippen LogP contribution in [0.4, 0.5) is 0 Å². The van der Waals surface area contributed by atoms with Gasteiger partial charge in [0.2, 0.25) is 0 Å². The molecule has 0 amide bonds. The zero-order valence-corrected chi connectivity index (χ0v) is 7.70. The van der Waals surface area contributed by atoms with Crippen LogP contribution >= 0.6 is 0 Å². The minimum absolute atomic E-state index is 0.338. The van der Waals surface area contributed by atoms with E-state index in [1.165, 1.54) is 0 Å². The molecule has 0 aliphatic carbocycles. The standard InChI is InChI=1S/C9H13N3O/c1-7(13)3-4-9(2)5-6-11-8(10)12-9/h5-7,13H,1-2H3,(H3,10,11,12). The highest BCUT2D eigenvalue weighted by Crippen LogP contribution is 2.12. The van der Waals surface area contributed by atoms with E-state index in [-0.39, 0.29) is 0 Å². The Hall–Kier alpha value is -1.47. The molecule has 1 aliphatic rings. The van der Waals surface area contributed by atoms with Gasteiger partial charge >= 0.3 is 0 Å². The SMILES string of the molecule is CC(O)C#CC1(C)C=CNC(N)=N1. The summed E-state index contributed by atoms with van der Waals surface area (Å²) in [5.41, 5.74) is 4.86. The predicted molar refractivity (Wildman–Crippen MR) is 51.8 cm³/mol. The number of hydrogen-bond acceptors (Lipinski definition) is 4. The van der Waals surface area contributed by atoms with Crippen LogP contribution in [0.15, 0.2) is 17.3 Å². The molecule has 1 aliphatic heterocycles. The van der Waals surface area contributed by atoms with Gasteiger partial charge in [-0.3, -0.25) is 0 Å². The van der Waals surface area contributed by atoms with Crippen molar-refractivity contribution in [1.29, 1.82) is 0 Å². The van der Waals surface area contributed by atoms with Crippen LogP contribution in [-0.2, 0) is 0 Å². The number of aliphatic hydroxyl groups excluding tert-OH is 1. The molecule has 0 fully saturated rings. The third-order valence-corrected chi connectivity index (χ3v) is 1.53. The van der Waals surface area contributed by atoms with Gasteiger partial charge in [0, 0.05) is 6.20 Å². The van der Waals surface area contributed by atoms with E-state index in [1.54, 1.807) is 19.2 Å². The first-order valence-corrected chi connectivity index (χ1v) is 4.02. The second-order valence-corrected chi connectivity index (χ2v) is 3.07. The fourth-order valence-electron chi connectivity index (χ4n) is 0.929. The summed E-state index contributed by atoms with van der Waals surface area (Å²) in [6.45, 7) is 3.43. The van der Waals surface area contributed by atoms with E-state index in [1.807, 2.05) is 6.92 Å². The highest BCUT2D eigenvalue weighted by Gasteiger charge is 2.19. The van der Waals surface area contributed by atoms with Gasteiger partial charge in [-0.15, -0.1) is 0 Å². The number of hydrogen-bond donors (Lipinski definition) is 3. The van der Waals surface area contributed by atoms with Crippen LogP contribution in [0.3, 0.4) is 0 Å². The molecule has 0 saturated carbocycles. The van der Waals surface area contributed by atoms with Crippen molar-refractivity contribution in [3.05, 3.63) is 12.3 Å². The Balaban J connectivity index is 2.84. The van der Waals surface area contributed by atoms with E-state index in [2.05, 4.69) is 22.2 Å². The first-order valence-electron chi connectivity index (χ1n) is 4.02. The van der Waals surface area contributed by atoms with Crippen LogP contribution in [0.2, 0.25) is 0 Å². The Morgan fingerprint density at radius 1 is 1.77 bits per heavy atom. The minimum Gasteiger partial charge on any atom is -0.381 e. The van der Waals surface area contributed by atoms with Gasteiger partial charge in [-0.1, -0.05) is 11.8 Å². The molecule has 1 heterocycles. The van der Waals surface area contributed by atoms with E-state index in [4.69, 9.17) is 10.8 Å². The average Bonchev–Trinajstić information content (AvgIpc) is 2.01. The summed E-state index contributed by atoms with van der Waals surface area (Å²) in [6, 6.07) is 0. The quantitative estimate of drug-likeness (QED) is 0.441. The zero-order valence-electron chi connectivity index (χ0n) is 7.70. The average molecular weight is 179 g/mol. The van der Waals surface area contributed by atoms with Gasteiger partial charge in [0.25, 0.3) is 0 Å². The van der Waals surface area contributed by atoms with Gasteiger partial charge in [0.1, 0.15) is 11.6 Å². The molecular formula is C9H13N3O. The summed E-state index contributed by atoms with van der Waals surface area (Å²) in [5, 5.41) is 11.7. The van der Waals surface area contributed by atoms with Crippen molar-refractivity contribution in [2.75, 3.05) is 0 Å². The fourth-order valence-corrected chi connectivity index (χ4v) is 0.929.